The monoisotopic (exact) mass is 482 g/mol. The van der Waals surface area contributed by atoms with E-state index < -0.39 is 38.7 Å². The summed E-state index contributed by atoms with van der Waals surface area (Å²) < 4.78 is 69.9. The van der Waals surface area contributed by atoms with Gasteiger partial charge in [-0.2, -0.15) is 27.0 Å². The summed E-state index contributed by atoms with van der Waals surface area (Å²) in [6.45, 7) is 0.217. The Balaban J connectivity index is 0.00000169. The second kappa shape index (κ2) is 9.54. The van der Waals surface area contributed by atoms with Gasteiger partial charge in [0.2, 0.25) is 5.82 Å². The molecule has 0 amide bonds. The maximum Gasteiger partial charge on any atom is 0.200 e. The van der Waals surface area contributed by atoms with Crippen LogP contribution in [0.15, 0.2) is 35.2 Å². The van der Waals surface area contributed by atoms with Crippen LogP contribution in [0.2, 0.25) is 0 Å². The normalized spacial score (nSPS) is 21.8. The summed E-state index contributed by atoms with van der Waals surface area (Å²) in [5.41, 5.74) is 0.923. The summed E-state index contributed by atoms with van der Waals surface area (Å²) >= 11 is 6.91. The van der Waals surface area contributed by atoms with E-state index in [1.807, 2.05) is 30.3 Å². The van der Waals surface area contributed by atoms with Crippen LogP contribution in [0.1, 0.15) is 10.8 Å². The van der Waals surface area contributed by atoms with E-state index in [4.69, 9.17) is 16.3 Å². The Kier molecular flexibility index (Phi) is 8.85. The first-order valence-electron chi connectivity index (χ1n) is 6.51. The van der Waals surface area contributed by atoms with Gasteiger partial charge in [-0.3, -0.25) is 0 Å². The van der Waals surface area contributed by atoms with Crippen molar-refractivity contribution in [3.63, 3.8) is 0 Å². The Bertz CT molecular complexity index is 809. The van der Waals surface area contributed by atoms with Crippen molar-refractivity contribution in [3.05, 3.63) is 65.0 Å². The van der Waals surface area contributed by atoms with Gasteiger partial charge in [0, 0.05) is 0 Å². The zero-order chi connectivity index (χ0) is 17.5. The van der Waals surface area contributed by atoms with Gasteiger partial charge in [-0.25, -0.2) is 22.0 Å². The predicted molar refractivity (Wildman–Crippen MR) is 110 cm³/mol. The number of halogens is 5. The molecule has 0 N–H and O–H groups in total. The standard InChI is InChI=1S/C14H8F5OPS3.2H2S/c15-9-10(16)12(18)14(13(19)11(9)17)24-21(22)20-6-8(23-21)7-4-2-1-3-5-7;;/h1-5,8H,6H2;2*1H2/t8-,21+;;/m1../s1. The molecule has 1 heterocycles. The van der Waals surface area contributed by atoms with Crippen molar-refractivity contribution in [1.29, 1.82) is 0 Å². The SMILES string of the molecule is Fc1c(F)c(F)c(S[P@]2(=S)OC[C@H](c3ccccc3)S2)c(F)c1F.S.S. The first-order valence-corrected chi connectivity index (χ1v) is 12.1. The molecule has 2 atom stereocenters. The number of benzene rings is 2. The lowest BCUT2D eigenvalue weighted by atomic mass is 10.2. The highest BCUT2D eigenvalue weighted by molar-refractivity contribution is 8.99. The van der Waals surface area contributed by atoms with Gasteiger partial charge in [0.15, 0.2) is 27.9 Å². The maximum atomic E-state index is 13.8. The molecule has 0 unspecified atom stereocenters. The molecule has 1 nitrogen and oxygen atoms in total. The lowest BCUT2D eigenvalue weighted by molar-refractivity contribution is 0.360. The molecule has 0 aromatic heterocycles. The van der Waals surface area contributed by atoms with Crippen molar-refractivity contribution in [2.45, 2.75) is 10.1 Å². The topological polar surface area (TPSA) is 9.23 Å². The Hall–Kier alpha value is 0.1000. The van der Waals surface area contributed by atoms with Crippen LogP contribution in [-0.4, -0.2) is 6.61 Å². The molecule has 2 aromatic carbocycles. The molecule has 0 spiro atoms. The minimum Gasteiger partial charge on any atom is -0.332 e. The average Bonchev–Trinajstić information content (AvgIpc) is 2.98. The lowest BCUT2D eigenvalue weighted by Gasteiger charge is -2.15. The lowest BCUT2D eigenvalue weighted by Crippen LogP contribution is -2.02. The molecular formula is C14H12F5OPS5. The Morgan fingerprint density at radius 1 is 0.923 bits per heavy atom. The molecule has 3 rings (SSSR count). The van der Waals surface area contributed by atoms with Crippen LogP contribution in [0.5, 0.6) is 0 Å². The van der Waals surface area contributed by atoms with Crippen LogP contribution in [-0.2, 0) is 16.3 Å². The number of rotatable bonds is 3. The minimum atomic E-state index is -2.89. The van der Waals surface area contributed by atoms with E-state index in [1.54, 1.807) is 0 Å². The van der Waals surface area contributed by atoms with Crippen molar-refractivity contribution in [1.82, 2.24) is 0 Å². The summed E-state index contributed by atoms with van der Waals surface area (Å²) in [7, 11) is 0. The molecule has 1 aliphatic rings. The van der Waals surface area contributed by atoms with Gasteiger partial charge in [0.1, 0.15) is 0 Å². The Morgan fingerprint density at radius 3 is 1.96 bits per heavy atom. The highest BCUT2D eigenvalue weighted by Crippen LogP contribution is 2.80. The van der Waals surface area contributed by atoms with Crippen LogP contribution in [0, 0.1) is 29.1 Å². The summed E-state index contributed by atoms with van der Waals surface area (Å²) in [5, 5.41) is -0.147. The van der Waals surface area contributed by atoms with E-state index in [2.05, 4.69) is 0 Å². The zero-order valence-electron chi connectivity index (χ0n) is 12.6. The molecule has 2 aromatic rings. The van der Waals surface area contributed by atoms with Crippen LogP contribution < -0.4 is 0 Å². The molecule has 0 bridgehead atoms. The fourth-order valence-corrected chi connectivity index (χ4v) is 11.1. The summed E-state index contributed by atoms with van der Waals surface area (Å²) in [6, 6.07) is 9.21. The van der Waals surface area contributed by atoms with E-state index in [1.165, 1.54) is 11.4 Å². The molecule has 1 aliphatic heterocycles. The molecule has 1 saturated heterocycles. The van der Waals surface area contributed by atoms with Crippen molar-refractivity contribution in [2.24, 2.45) is 0 Å². The van der Waals surface area contributed by atoms with E-state index in [0.29, 0.717) is 11.4 Å². The van der Waals surface area contributed by atoms with Gasteiger partial charge >= 0.3 is 0 Å². The van der Waals surface area contributed by atoms with E-state index in [9.17, 15) is 22.0 Å². The smallest absolute Gasteiger partial charge is 0.200 e. The summed E-state index contributed by atoms with van der Waals surface area (Å²) in [4.78, 5) is -0.990. The van der Waals surface area contributed by atoms with Crippen molar-refractivity contribution >= 4 is 66.2 Å². The Labute approximate surface area is 173 Å². The van der Waals surface area contributed by atoms with Crippen LogP contribution in [0.25, 0.3) is 0 Å². The molecule has 144 valence electrons. The fourth-order valence-electron chi connectivity index (χ4n) is 2.03. The first kappa shape index (κ1) is 24.1. The van der Waals surface area contributed by atoms with Gasteiger partial charge in [0.25, 0.3) is 0 Å². The maximum absolute atomic E-state index is 13.8. The molecule has 12 heteroatoms. The second-order valence-electron chi connectivity index (χ2n) is 4.74. The van der Waals surface area contributed by atoms with Gasteiger partial charge in [0.05, 0.1) is 16.8 Å². The van der Waals surface area contributed by atoms with E-state index in [-0.39, 0.29) is 38.8 Å². The van der Waals surface area contributed by atoms with Crippen LogP contribution in [0.4, 0.5) is 22.0 Å². The summed E-state index contributed by atoms with van der Waals surface area (Å²) in [6.07, 6.45) is 0. The van der Waals surface area contributed by atoms with Crippen molar-refractivity contribution < 1.29 is 26.5 Å². The third-order valence-electron chi connectivity index (χ3n) is 3.18. The molecule has 0 aliphatic carbocycles. The zero-order valence-corrected chi connectivity index (χ0v) is 18.0. The number of hydrogen-bond donors (Lipinski definition) is 0. The van der Waals surface area contributed by atoms with E-state index in [0.717, 1.165) is 5.56 Å². The van der Waals surface area contributed by atoms with Gasteiger partial charge < -0.3 is 4.52 Å². The molecule has 26 heavy (non-hydrogen) atoms. The molecular weight excluding hydrogens is 470 g/mol. The van der Waals surface area contributed by atoms with Crippen molar-refractivity contribution in [2.75, 3.05) is 6.61 Å². The highest BCUT2D eigenvalue weighted by atomic mass is 33.2. The van der Waals surface area contributed by atoms with Gasteiger partial charge in [-0.1, -0.05) is 41.7 Å². The predicted octanol–water partition coefficient (Wildman–Crippen LogP) is 6.43. The van der Waals surface area contributed by atoms with Crippen LogP contribution in [0.3, 0.4) is 0 Å². The number of hydrogen-bond acceptors (Lipinski definition) is 4. The second-order valence-corrected chi connectivity index (χ2v) is 15.1. The molecule has 1 fully saturated rings. The van der Waals surface area contributed by atoms with Gasteiger partial charge in [-0.05, 0) is 28.8 Å². The van der Waals surface area contributed by atoms with Crippen molar-refractivity contribution in [3.8, 4) is 0 Å². The fraction of sp³-hybridized carbons (Fsp3) is 0.143. The highest BCUT2D eigenvalue weighted by Gasteiger charge is 2.38. The quantitative estimate of drug-likeness (QED) is 0.216. The molecule has 0 saturated carbocycles. The average molecular weight is 483 g/mol. The van der Waals surface area contributed by atoms with Gasteiger partial charge in [-0.15, -0.1) is 0 Å². The van der Waals surface area contributed by atoms with Crippen LogP contribution >= 0.6 is 54.4 Å². The summed E-state index contributed by atoms with van der Waals surface area (Å²) in [5.74, 6) is -9.92. The largest absolute Gasteiger partial charge is 0.332 e. The minimum absolute atomic E-state index is 0. The van der Waals surface area contributed by atoms with E-state index >= 15 is 0 Å². The third-order valence-corrected chi connectivity index (χ3v) is 11.9. The molecule has 0 radical (unpaired) electrons. The first-order chi connectivity index (χ1) is 11.3. The Morgan fingerprint density at radius 2 is 1.42 bits per heavy atom. The third kappa shape index (κ3) is 4.74.